The fourth-order valence-corrected chi connectivity index (χ4v) is 2.03. The van der Waals surface area contributed by atoms with E-state index in [0.717, 1.165) is 28.3 Å². The number of rotatable bonds is 2. The van der Waals surface area contributed by atoms with Crippen molar-refractivity contribution in [1.82, 2.24) is 14.5 Å². The van der Waals surface area contributed by atoms with E-state index in [0.29, 0.717) is 0 Å². The highest BCUT2D eigenvalue weighted by atomic mass is 15.1. The van der Waals surface area contributed by atoms with Crippen LogP contribution in [0.25, 0.3) is 17.1 Å². The molecule has 0 fully saturated rings. The zero-order valence-corrected chi connectivity index (χ0v) is 10.6. The lowest BCUT2D eigenvalue weighted by Gasteiger charge is -2.08. The molecule has 0 atom stereocenters. The summed E-state index contributed by atoms with van der Waals surface area (Å²) in [7, 11) is 0. The molecule has 4 nitrogen and oxygen atoms in total. The molecule has 94 valence electrons. The van der Waals surface area contributed by atoms with Crippen molar-refractivity contribution in [1.29, 1.82) is 0 Å². The third-order valence-corrected chi connectivity index (χ3v) is 2.95. The number of nitrogen functional groups attached to an aromatic ring is 1. The third-order valence-electron chi connectivity index (χ3n) is 2.95. The van der Waals surface area contributed by atoms with E-state index in [-0.39, 0.29) is 0 Å². The van der Waals surface area contributed by atoms with Gasteiger partial charge in [0, 0.05) is 29.8 Å². The summed E-state index contributed by atoms with van der Waals surface area (Å²) in [6.07, 6.45) is 7.38. The number of imidazole rings is 1. The van der Waals surface area contributed by atoms with Gasteiger partial charge in [0.1, 0.15) is 5.82 Å². The van der Waals surface area contributed by atoms with Crippen molar-refractivity contribution >= 4 is 5.69 Å². The zero-order chi connectivity index (χ0) is 13.2. The Hall–Kier alpha value is -2.62. The highest BCUT2D eigenvalue weighted by Crippen LogP contribution is 2.22. The molecule has 0 aliphatic rings. The Morgan fingerprint density at radius 2 is 1.89 bits per heavy atom. The van der Waals surface area contributed by atoms with Gasteiger partial charge >= 0.3 is 0 Å². The second-order valence-electron chi connectivity index (χ2n) is 4.46. The molecule has 0 aliphatic heterocycles. The van der Waals surface area contributed by atoms with Crippen molar-refractivity contribution < 1.29 is 0 Å². The molecule has 0 spiro atoms. The number of nitrogens with two attached hydrogens (primary N) is 1. The lowest BCUT2D eigenvalue weighted by molar-refractivity contribution is 1.04. The van der Waals surface area contributed by atoms with E-state index in [9.17, 15) is 0 Å². The first-order chi connectivity index (χ1) is 9.24. The Bertz CT molecular complexity index is 698. The van der Waals surface area contributed by atoms with Crippen LogP contribution in [0.2, 0.25) is 0 Å². The van der Waals surface area contributed by atoms with Gasteiger partial charge in [0.2, 0.25) is 0 Å². The van der Waals surface area contributed by atoms with Gasteiger partial charge in [0.25, 0.3) is 0 Å². The summed E-state index contributed by atoms with van der Waals surface area (Å²) < 4.78 is 2.02. The first-order valence-electron chi connectivity index (χ1n) is 6.05. The van der Waals surface area contributed by atoms with E-state index in [1.54, 1.807) is 6.20 Å². The molecule has 3 rings (SSSR count). The predicted octanol–water partition coefficient (Wildman–Crippen LogP) is 2.82. The van der Waals surface area contributed by atoms with E-state index in [1.165, 1.54) is 0 Å². The first-order valence-corrected chi connectivity index (χ1v) is 6.05. The molecule has 2 heterocycles. The molecule has 0 amide bonds. The van der Waals surface area contributed by atoms with Gasteiger partial charge in [-0.05, 0) is 42.8 Å². The zero-order valence-electron chi connectivity index (χ0n) is 10.6. The van der Waals surface area contributed by atoms with Crippen molar-refractivity contribution in [2.45, 2.75) is 6.92 Å². The SMILES string of the molecule is Cc1cncc(-n2ccnc2-c2ccc(N)cc2)c1. The standard InChI is InChI=1S/C15H14N4/c1-11-8-14(10-17-9-11)19-7-6-18-15(19)12-2-4-13(16)5-3-12/h2-10H,16H2,1H3. The van der Waals surface area contributed by atoms with Crippen molar-refractivity contribution in [3.05, 3.63) is 60.7 Å². The van der Waals surface area contributed by atoms with Crippen LogP contribution >= 0.6 is 0 Å². The molecule has 0 radical (unpaired) electrons. The molecule has 2 N–H and O–H groups in total. The van der Waals surface area contributed by atoms with E-state index < -0.39 is 0 Å². The normalized spacial score (nSPS) is 10.6. The minimum atomic E-state index is 0.749. The van der Waals surface area contributed by atoms with Crippen LogP contribution in [0.1, 0.15) is 5.56 Å². The first kappa shape index (κ1) is 11.5. The molecule has 1 aromatic carbocycles. The maximum atomic E-state index is 5.71. The topological polar surface area (TPSA) is 56.7 Å². The Morgan fingerprint density at radius 1 is 1.11 bits per heavy atom. The van der Waals surface area contributed by atoms with Gasteiger partial charge < -0.3 is 5.73 Å². The Balaban J connectivity index is 2.10. The maximum Gasteiger partial charge on any atom is 0.144 e. The van der Waals surface area contributed by atoms with Gasteiger partial charge in [-0.15, -0.1) is 0 Å². The van der Waals surface area contributed by atoms with Crippen LogP contribution in [-0.4, -0.2) is 14.5 Å². The number of aryl methyl sites for hydroxylation is 1. The lowest BCUT2D eigenvalue weighted by atomic mass is 10.2. The fraction of sp³-hybridized carbons (Fsp3) is 0.0667. The van der Waals surface area contributed by atoms with Crippen molar-refractivity contribution in [2.75, 3.05) is 5.73 Å². The fourth-order valence-electron chi connectivity index (χ4n) is 2.03. The van der Waals surface area contributed by atoms with Crippen LogP contribution in [0.4, 0.5) is 5.69 Å². The lowest BCUT2D eigenvalue weighted by Crippen LogP contribution is -1.97. The van der Waals surface area contributed by atoms with Crippen molar-refractivity contribution in [3.63, 3.8) is 0 Å². The van der Waals surface area contributed by atoms with Gasteiger partial charge in [-0.25, -0.2) is 4.98 Å². The monoisotopic (exact) mass is 250 g/mol. The molecule has 0 saturated heterocycles. The molecule has 19 heavy (non-hydrogen) atoms. The second kappa shape index (κ2) is 4.57. The van der Waals surface area contributed by atoms with Crippen LogP contribution in [0.3, 0.4) is 0 Å². The summed E-state index contributed by atoms with van der Waals surface area (Å²) in [5.41, 5.74) is 9.61. The number of nitrogens with zero attached hydrogens (tertiary/aromatic N) is 3. The van der Waals surface area contributed by atoms with Gasteiger partial charge in [-0.2, -0.15) is 0 Å². The molecule has 3 aromatic rings. The number of aromatic nitrogens is 3. The molecule has 0 saturated carbocycles. The van der Waals surface area contributed by atoms with Gasteiger partial charge in [-0.3, -0.25) is 9.55 Å². The van der Waals surface area contributed by atoms with Crippen LogP contribution < -0.4 is 5.73 Å². The average Bonchev–Trinajstić information content (AvgIpc) is 2.89. The molecule has 4 heteroatoms. The van der Waals surface area contributed by atoms with E-state index >= 15 is 0 Å². The highest BCUT2D eigenvalue weighted by molar-refractivity contribution is 5.61. The van der Waals surface area contributed by atoms with Crippen LogP contribution in [0.5, 0.6) is 0 Å². The smallest absolute Gasteiger partial charge is 0.144 e. The van der Waals surface area contributed by atoms with Gasteiger partial charge in [0.15, 0.2) is 0 Å². The Morgan fingerprint density at radius 3 is 2.63 bits per heavy atom. The summed E-state index contributed by atoms with van der Waals surface area (Å²) >= 11 is 0. The summed E-state index contributed by atoms with van der Waals surface area (Å²) in [6.45, 7) is 2.02. The van der Waals surface area contributed by atoms with Crippen LogP contribution in [0, 0.1) is 6.92 Å². The van der Waals surface area contributed by atoms with Crippen molar-refractivity contribution in [2.24, 2.45) is 0 Å². The number of anilines is 1. The number of pyridine rings is 1. The second-order valence-corrected chi connectivity index (χ2v) is 4.46. The van der Waals surface area contributed by atoms with Crippen LogP contribution in [0.15, 0.2) is 55.1 Å². The van der Waals surface area contributed by atoms with E-state index in [1.807, 2.05) is 54.3 Å². The Kier molecular flexibility index (Phi) is 2.76. The molecular formula is C15H14N4. The number of benzene rings is 1. The quantitative estimate of drug-likeness (QED) is 0.711. The predicted molar refractivity (Wildman–Crippen MR) is 75.9 cm³/mol. The van der Waals surface area contributed by atoms with Gasteiger partial charge in [0.05, 0.1) is 11.9 Å². The third kappa shape index (κ3) is 2.20. The number of hydrogen-bond donors (Lipinski definition) is 1. The van der Waals surface area contributed by atoms with E-state index in [2.05, 4.69) is 16.0 Å². The summed E-state index contributed by atoms with van der Waals surface area (Å²) in [4.78, 5) is 8.64. The minimum Gasteiger partial charge on any atom is -0.399 e. The number of hydrogen-bond acceptors (Lipinski definition) is 3. The van der Waals surface area contributed by atoms with Crippen molar-refractivity contribution in [3.8, 4) is 17.1 Å². The minimum absolute atomic E-state index is 0.749. The highest BCUT2D eigenvalue weighted by Gasteiger charge is 2.07. The summed E-state index contributed by atoms with van der Waals surface area (Å²) in [5, 5.41) is 0. The van der Waals surface area contributed by atoms with E-state index in [4.69, 9.17) is 5.73 Å². The molecule has 0 bridgehead atoms. The molecule has 0 unspecified atom stereocenters. The average molecular weight is 250 g/mol. The van der Waals surface area contributed by atoms with Crippen LogP contribution in [-0.2, 0) is 0 Å². The van der Waals surface area contributed by atoms with Gasteiger partial charge in [-0.1, -0.05) is 0 Å². The Labute approximate surface area is 111 Å². The molecular weight excluding hydrogens is 236 g/mol. The largest absolute Gasteiger partial charge is 0.399 e. The maximum absolute atomic E-state index is 5.71. The molecule has 2 aromatic heterocycles. The summed E-state index contributed by atoms with van der Waals surface area (Å²) in [6, 6.07) is 9.77. The molecule has 0 aliphatic carbocycles. The summed E-state index contributed by atoms with van der Waals surface area (Å²) in [5.74, 6) is 0.882.